The number of aromatic nitrogens is 2. The molecule has 7 nitrogen and oxygen atoms in total. The van der Waals surface area contributed by atoms with Gasteiger partial charge in [-0.25, -0.2) is 4.39 Å². The molecular formula is C27H30ClFN6O. The molecule has 188 valence electrons. The van der Waals surface area contributed by atoms with Crippen LogP contribution < -0.4 is 15.0 Å². The van der Waals surface area contributed by atoms with E-state index < -0.39 is 0 Å². The third-order valence-electron chi connectivity index (χ3n) is 6.48. The number of fused-ring (bicyclic) bond motifs is 1. The molecule has 3 heterocycles. The summed E-state index contributed by atoms with van der Waals surface area (Å²) in [5, 5.41) is 3.87. The Morgan fingerprint density at radius 2 is 2.00 bits per heavy atom. The molecule has 1 aliphatic carbocycles. The first kappa shape index (κ1) is 24.5. The van der Waals surface area contributed by atoms with Crippen molar-refractivity contribution in [2.24, 2.45) is 4.99 Å². The minimum absolute atomic E-state index is 0.206. The molecule has 9 heteroatoms. The van der Waals surface area contributed by atoms with E-state index in [0.717, 1.165) is 55.4 Å². The van der Waals surface area contributed by atoms with E-state index in [1.165, 1.54) is 11.1 Å². The summed E-state index contributed by atoms with van der Waals surface area (Å²) in [6, 6.07) is 6.02. The average molecular weight is 509 g/mol. The van der Waals surface area contributed by atoms with E-state index >= 15 is 0 Å². The molecule has 1 N–H and O–H groups in total. The summed E-state index contributed by atoms with van der Waals surface area (Å²) in [5.74, 6) is 2.59. The maximum absolute atomic E-state index is 12.8. The average Bonchev–Trinajstić information content (AvgIpc) is 3.47. The molecule has 0 amide bonds. The summed E-state index contributed by atoms with van der Waals surface area (Å²) in [6.45, 7) is 7.87. The Labute approximate surface area is 216 Å². The van der Waals surface area contributed by atoms with E-state index in [1.54, 1.807) is 0 Å². The van der Waals surface area contributed by atoms with Crippen LogP contribution in [0, 0.1) is 0 Å². The van der Waals surface area contributed by atoms with Crippen molar-refractivity contribution in [3.05, 3.63) is 63.7 Å². The van der Waals surface area contributed by atoms with Crippen molar-refractivity contribution in [2.75, 3.05) is 56.2 Å². The molecule has 0 spiro atoms. The SMILES string of the molecule is C/C=C/C1=CC(Nc2cc(N3CCN(CCF)CC3)nc(Oc3ccc4c(c3Cl)C=C(C)C4)n2)=NC1. The number of aliphatic imine (C=N–C) groups is 1. The predicted octanol–water partition coefficient (Wildman–Crippen LogP) is 5.30. The fourth-order valence-electron chi connectivity index (χ4n) is 4.67. The van der Waals surface area contributed by atoms with E-state index in [2.05, 4.69) is 38.1 Å². The van der Waals surface area contributed by atoms with Crippen molar-refractivity contribution in [3.63, 3.8) is 0 Å². The Kier molecular flexibility index (Phi) is 7.34. The van der Waals surface area contributed by atoms with Crippen molar-refractivity contribution >= 4 is 35.1 Å². The van der Waals surface area contributed by atoms with Crippen LogP contribution in [0.4, 0.5) is 16.0 Å². The lowest BCUT2D eigenvalue weighted by atomic mass is 10.1. The number of hydrogen-bond acceptors (Lipinski definition) is 7. The van der Waals surface area contributed by atoms with Gasteiger partial charge < -0.3 is 15.0 Å². The second kappa shape index (κ2) is 10.8. The standard InChI is InChI=1S/C27H30ClFN6O/c1-3-4-19-15-23(30-17-19)31-24-16-25(35-11-9-34(8-7-29)10-12-35)33-27(32-24)36-22-6-5-20-13-18(2)14-21(20)26(22)28/h3-6,14-16H,7-13,17H2,1-2H3,(H,30,31,32,33)/b4-3+. The molecule has 0 atom stereocenters. The van der Waals surface area contributed by atoms with Crippen LogP contribution in [-0.4, -0.2) is 66.6 Å². The van der Waals surface area contributed by atoms with Gasteiger partial charge in [-0.3, -0.25) is 9.89 Å². The van der Waals surface area contributed by atoms with Crippen LogP contribution >= 0.6 is 11.6 Å². The molecule has 3 aliphatic rings. The number of allylic oxidation sites excluding steroid dienone is 2. The predicted molar refractivity (Wildman–Crippen MR) is 144 cm³/mol. The monoisotopic (exact) mass is 508 g/mol. The highest BCUT2D eigenvalue weighted by molar-refractivity contribution is 6.33. The Balaban J connectivity index is 1.42. The molecule has 1 aromatic carbocycles. The molecule has 2 aliphatic heterocycles. The highest BCUT2D eigenvalue weighted by Gasteiger charge is 2.22. The molecule has 0 unspecified atom stereocenters. The number of piperazine rings is 1. The number of rotatable bonds is 7. The summed E-state index contributed by atoms with van der Waals surface area (Å²) in [6.07, 6.45) is 9.04. The molecule has 0 bridgehead atoms. The van der Waals surface area contributed by atoms with E-state index in [4.69, 9.17) is 21.3 Å². The fourth-order valence-corrected chi connectivity index (χ4v) is 4.95. The first-order valence-corrected chi connectivity index (χ1v) is 12.6. The first-order chi connectivity index (χ1) is 17.5. The number of benzene rings is 1. The Bertz CT molecular complexity index is 1260. The fraction of sp³-hybridized carbons (Fsp3) is 0.370. The molecule has 0 radical (unpaired) electrons. The van der Waals surface area contributed by atoms with Gasteiger partial charge in [0.1, 0.15) is 29.9 Å². The maximum atomic E-state index is 12.8. The lowest BCUT2D eigenvalue weighted by Crippen LogP contribution is -2.47. The van der Waals surface area contributed by atoms with Crippen molar-refractivity contribution in [1.29, 1.82) is 0 Å². The summed E-state index contributed by atoms with van der Waals surface area (Å²) < 4.78 is 18.9. The number of halogens is 2. The van der Waals surface area contributed by atoms with Crippen molar-refractivity contribution in [1.82, 2.24) is 14.9 Å². The second-order valence-electron chi connectivity index (χ2n) is 9.18. The Morgan fingerprint density at radius 3 is 2.78 bits per heavy atom. The number of hydrogen-bond donors (Lipinski definition) is 1. The van der Waals surface area contributed by atoms with Gasteiger partial charge in [0.05, 0.1) is 11.6 Å². The van der Waals surface area contributed by atoms with Gasteiger partial charge in [0.15, 0.2) is 0 Å². The number of anilines is 2. The van der Waals surface area contributed by atoms with E-state index in [1.807, 2.05) is 43.4 Å². The van der Waals surface area contributed by atoms with Crippen LogP contribution in [0.2, 0.25) is 5.02 Å². The van der Waals surface area contributed by atoms with Crippen LogP contribution in [0.15, 0.2) is 52.6 Å². The first-order valence-electron chi connectivity index (χ1n) is 12.3. The van der Waals surface area contributed by atoms with Gasteiger partial charge in [0.25, 0.3) is 0 Å². The third kappa shape index (κ3) is 5.44. The zero-order valence-corrected chi connectivity index (χ0v) is 21.4. The molecule has 0 saturated carbocycles. The Hall–Kier alpha value is -3.23. The molecule has 1 saturated heterocycles. The molecule has 2 aromatic rings. The van der Waals surface area contributed by atoms with Gasteiger partial charge in [0.2, 0.25) is 0 Å². The summed E-state index contributed by atoms with van der Waals surface area (Å²) >= 11 is 6.71. The zero-order chi connectivity index (χ0) is 25.1. The van der Waals surface area contributed by atoms with Crippen molar-refractivity contribution < 1.29 is 9.13 Å². The molecular weight excluding hydrogens is 479 g/mol. The highest BCUT2D eigenvalue weighted by Crippen LogP contribution is 2.38. The number of nitrogens with one attached hydrogen (secondary N) is 1. The number of amidine groups is 1. The van der Waals surface area contributed by atoms with Crippen molar-refractivity contribution in [2.45, 2.75) is 20.3 Å². The number of nitrogens with zero attached hydrogens (tertiary/aromatic N) is 5. The summed E-state index contributed by atoms with van der Waals surface area (Å²) in [4.78, 5) is 18.2. The lowest BCUT2D eigenvalue weighted by molar-refractivity contribution is 0.235. The van der Waals surface area contributed by atoms with Gasteiger partial charge in [-0.05, 0) is 43.5 Å². The van der Waals surface area contributed by atoms with Gasteiger partial charge >= 0.3 is 6.01 Å². The van der Waals surface area contributed by atoms with E-state index in [9.17, 15) is 4.39 Å². The summed E-state index contributed by atoms with van der Waals surface area (Å²) in [7, 11) is 0. The van der Waals surface area contributed by atoms with Crippen LogP contribution in [0.25, 0.3) is 6.08 Å². The van der Waals surface area contributed by atoms with Gasteiger partial charge in [-0.1, -0.05) is 41.5 Å². The van der Waals surface area contributed by atoms with Crippen LogP contribution in [-0.2, 0) is 6.42 Å². The number of ether oxygens (including phenoxy) is 1. The molecule has 1 aromatic heterocycles. The minimum Gasteiger partial charge on any atom is -0.423 e. The van der Waals surface area contributed by atoms with E-state index in [-0.39, 0.29) is 12.7 Å². The molecule has 36 heavy (non-hydrogen) atoms. The van der Waals surface area contributed by atoms with Crippen molar-refractivity contribution in [3.8, 4) is 11.8 Å². The Morgan fingerprint density at radius 1 is 1.17 bits per heavy atom. The number of alkyl halides is 1. The largest absolute Gasteiger partial charge is 0.423 e. The van der Waals surface area contributed by atoms with E-state index in [0.29, 0.717) is 29.7 Å². The zero-order valence-electron chi connectivity index (χ0n) is 20.6. The van der Waals surface area contributed by atoms with Crippen LogP contribution in [0.3, 0.4) is 0 Å². The third-order valence-corrected chi connectivity index (χ3v) is 6.87. The molecule has 5 rings (SSSR count). The normalized spacial score (nSPS) is 17.8. The van der Waals surface area contributed by atoms with Crippen LogP contribution in [0.5, 0.6) is 11.8 Å². The second-order valence-corrected chi connectivity index (χ2v) is 9.56. The molecule has 1 fully saturated rings. The maximum Gasteiger partial charge on any atom is 0.325 e. The topological polar surface area (TPSA) is 65.9 Å². The van der Waals surface area contributed by atoms with Gasteiger partial charge in [0, 0.05) is 44.4 Å². The quantitative estimate of drug-likeness (QED) is 0.547. The van der Waals surface area contributed by atoms with Gasteiger partial charge in [-0.2, -0.15) is 9.97 Å². The van der Waals surface area contributed by atoms with Crippen LogP contribution in [0.1, 0.15) is 25.0 Å². The summed E-state index contributed by atoms with van der Waals surface area (Å²) in [5.41, 5.74) is 4.58. The smallest absolute Gasteiger partial charge is 0.325 e. The highest BCUT2D eigenvalue weighted by atomic mass is 35.5. The van der Waals surface area contributed by atoms with Gasteiger partial charge in [-0.15, -0.1) is 0 Å². The minimum atomic E-state index is -0.333. The lowest BCUT2D eigenvalue weighted by Gasteiger charge is -2.35.